The Morgan fingerprint density at radius 1 is 1.11 bits per heavy atom. The summed E-state index contributed by atoms with van der Waals surface area (Å²) in [6.45, 7) is 7.81. The van der Waals surface area contributed by atoms with Crippen LogP contribution in [0.25, 0.3) is 0 Å². The van der Waals surface area contributed by atoms with E-state index in [0.29, 0.717) is 36.1 Å². The second-order valence-corrected chi connectivity index (χ2v) is 7.49. The summed E-state index contributed by atoms with van der Waals surface area (Å²) >= 11 is 5.68. The molecule has 0 saturated carbocycles. The van der Waals surface area contributed by atoms with Crippen LogP contribution >= 0.6 is 11.6 Å². The molecule has 0 fully saturated rings. The highest BCUT2D eigenvalue weighted by Gasteiger charge is 2.17. The average Bonchev–Trinajstić information content (AvgIpc) is 2.57. The molecular formula is C20H30ClNO5. The molecule has 0 heterocycles. The Labute approximate surface area is 166 Å². The number of halogens is 1. The minimum Gasteiger partial charge on any atom is -0.490 e. The molecule has 152 valence electrons. The maximum atomic E-state index is 11.9. The van der Waals surface area contributed by atoms with E-state index in [-0.39, 0.29) is 5.97 Å². The van der Waals surface area contributed by atoms with Gasteiger partial charge in [-0.1, -0.05) is 13.3 Å². The fraction of sp³-hybridized carbons (Fsp3) is 0.600. The number of hydrogen-bond acceptors (Lipinski definition) is 5. The maximum Gasteiger partial charge on any atom is 0.412 e. The van der Waals surface area contributed by atoms with E-state index in [9.17, 15) is 9.59 Å². The quantitative estimate of drug-likeness (QED) is 0.242. The van der Waals surface area contributed by atoms with Gasteiger partial charge in [-0.15, -0.1) is 11.6 Å². The molecule has 1 rings (SSSR count). The second kappa shape index (κ2) is 11.7. The molecule has 0 unspecified atom stereocenters. The Morgan fingerprint density at radius 3 is 2.48 bits per heavy atom. The molecule has 0 aliphatic heterocycles. The van der Waals surface area contributed by atoms with Gasteiger partial charge in [0.1, 0.15) is 5.60 Å². The predicted molar refractivity (Wildman–Crippen MR) is 107 cm³/mol. The van der Waals surface area contributed by atoms with Crippen LogP contribution in [0.5, 0.6) is 11.5 Å². The summed E-state index contributed by atoms with van der Waals surface area (Å²) in [7, 11) is 0. The molecule has 0 aliphatic carbocycles. The smallest absolute Gasteiger partial charge is 0.412 e. The number of rotatable bonds is 10. The van der Waals surface area contributed by atoms with E-state index < -0.39 is 11.7 Å². The first-order chi connectivity index (χ1) is 12.7. The Morgan fingerprint density at radius 2 is 1.85 bits per heavy atom. The largest absolute Gasteiger partial charge is 0.490 e. The van der Waals surface area contributed by atoms with Crippen molar-refractivity contribution in [1.82, 2.24) is 0 Å². The number of ether oxygens (including phenoxy) is 3. The van der Waals surface area contributed by atoms with Crippen LogP contribution in [0.1, 0.15) is 59.8 Å². The lowest BCUT2D eigenvalue weighted by atomic mass is 10.2. The highest BCUT2D eigenvalue weighted by Crippen LogP contribution is 2.31. The number of carbonyl (C=O) groups excluding carboxylic acids is 2. The lowest BCUT2D eigenvalue weighted by molar-refractivity contribution is -0.134. The van der Waals surface area contributed by atoms with Crippen molar-refractivity contribution in [2.45, 2.75) is 65.4 Å². The Bertz CT molecular complexity index is 613. The normalized spacial score (nSPS) is 11.0. The van der Waals surface area contributed by atoms with Crippen LogP contribution in [-0.4, -0.2) is 30.2 Å². The lowest BCUT2D eigenvalue weighted by Crippen LogP contribution is -2.27. The molecular weight excluding hydrogens is 370 g/mol. The Kier molecular flexibility index (Phi) is 10.0. The molecule has 6 nitrogen and oxygen atoms in total. The molecule has 0 aromatic heterocycles. The van der Waals surface area contributed by atoms with Gasteiger partial charge in [-0.25, -0.2) is 4.79 Å². The summed E-state index contributed by atoms with van der Waals surface area (Å²) in [5, 5.41) is 2.65. The van der Waals surface area contributed by atoms with Crippen LogP contribution in [0, 0.1) is 0 Å². The molecule has 0 radical (unpaired) electrons. The van der Waals surface area contributed by atoms with Crippen molar-refractivity contribution < 1.29 is 23.8 Å². The fourth-order valence-corrected chi connectivity index (χ4v) is 2.27. The zero-order valence-corrected chi connectivity index (χ0v) is 17.4. The third-order valence-electron chi connectivity index (χ3n) is 3.33. The van der Waals surface area contributed by atoms with Crippen LogP contribution in [0.4, 0.5) is 10.5 Å². The number of amides is 1. The summed E-state index contributed by atoms with van der Waals surface area (Å²) in [4.78, 5) is 23.9. The van der Waals surface area contributed by atoms with Gasteiger partial charge in [-0.2, -0.15) is 0 Å². The van der Waals surface area contributed by atoms with Crippen molar-refractivity contribution in [1.29, 1.82) is 0 Å². The summed E-state index contributed by atoms with van der Waals surface area (Å²) in [5.41, 5.74) is -0.107. The minimum absolute atomic E-state index is 0.310. The van der Waals surface area contributed by atoms with Gasteiger partial charge in [0.15, 0.2) is 11.5 Å². The molecule has 1 aromatic carbocycles. The number of hydrogen-bond donors (Lipinski definition) is 1. The van der Waals surface area contributed by atoms with E-state index in [2.05, 4.69) is 5.32 Å². The lowest BCUT2D eigenvalue weighted by Gasteiger charge is -2.20. The topological polar surface area (TPSA) is 73.9 Å². The minimum atomic E-state index is -0.597. The van der Waals surface area contributed by atoms with Crippen LogP contribution in [0.15, 0.2) is 18.2 Å². The maximum absolute atomic E-state index is 11.9. The molecule has 0 aliphatic rings. The SMILES string of the molecule is CCCCC(=O)Oc1ccc(NC(=O)OC(C)(C)C)cc1OCCCCCl. The van der Waals surface area contributed by atoms with Crippen molar-refractivity contribution in [3.63, 3.8) is 0 Å². The molecule has 1 N–H and O–H groups in total. The number of benzene rings is 1. The van der Waals surface area contributed by atoms with E-state index in [4.69, 9.17) is 25.8 Å². The summed E-state index contributed by atoms with van der Waals surface area (Å²) in [6, 6.07) is 4.86. The molecule has 27 heavy (non-hydrogen) atoms. The molecule has 1 amide bonds. The molecule has 1 aromatic rings. The zero-order chi connectivity index (χ0) is 20.3. The Balaban J connectivity index is 2.85. The average molecular weight is 400 g/mol. The second-order valence-electron chi connectivity index (χ2n) is 7.11. The monoisotopic (exact) mass is 399 g/mol. The van der Waals surface area contributed by atoms with Gasteiger partial charge in [-0.05, 0) is 52.2 Å². The highest BCUT2D eigenvalue weighted by molar-refractivity contribution is 6.17. The number of nitrogens with one attached hydrogen (secondary N) is 1. The standard InChI is InChI=1S/C20H30ClNO5/c1-5-6-9-18(23)26-16-11-10-15(22-19(24)27-20(2,3)4)14-17(16)25-13-8-7-12-21/h10-11,14H,5-9,12-13H2,1-4H3,(H,22,24). The first kappa shape index (κ1) is 23.1. The van der Waals surface area contributed by atoms with Crippen molar-refractivity contribution >= 4 is 29.4 Å². The number of alkyl halides is 1. The number of esters is 1. The van der Waals surface area contributed by atoms with Crippen molar-refractivity contribution in [2.24, 2.45) is 0 Å². The van der Waals surface area contributed by atoms with Gasteiger partial charge in [0.25, 0.3) is 0 Å². The zero-order valence-electron chi connectivity index (χ0n) is 16.6. The van der Waals surface area contributed by atoms with Gasteiger partial charge in [0.2, 0.25) is 0 Å². The fourth-order valence-electron chi connectivity index (χ4n) is 2.08. The molecule has 0 spiro atoms. The number of anilines is 1. The predicted octanol–water partition coefficient (Wildman–Crippen LogP) is 5.53. The highest BCUT2D eigenvalue weighted by atomic mass is 35.5. The van der Waals surface area contributed by atoms with Crippen molar-refractivity contribution in [2.75, 3.05) is 17.8 Å². The van der Waals surface area contributed by atoms with Gasteiger partial charge in [-0.3, -0.25) is 10.1 Å². The van der Waals surface area contributed by atoms with Crippen LogP contribution in [0.3, 0.4) is 0 Å². The van der Waals surface area contributed by atoms with Gasteiger partial charge < -0.3 is 14.2 Å². The van der Waals surface area contributed by atoms with Crippen molar-refractivity contribution in [3.05, 3.63) is 18.2 Å². The van der Waals surface area contributed by atoms with Gasteiger partial charge in [0.05, 0.1) is 6.61 Å². The van der Waals surface area contributed by atoms with Gasteiger partial charge in [0, 0.05) is 24.1 Å². The Hall–Kier alpha value is -1.95. The van der Waals surface area contributed by atoms with Gasteiger partial charge >= 0.3 is 12.1 Å². The first-order valence-corrected chi connectivity index (χ1v) is 9.82. The molecule has 0 atom stereocenters. The van der Waals surface area contributed by atoms with Crippen LogP contribution in [0.2, 0.25) is 0 Å². The van der Waals surface area contributed by atoms with Crippen molar-refractivity contribution in [3.8, 4) is 11.5 Å². The van der Waals surface area contributed by atoms with E-state index in [1.807, 2.05) is 6.92 Å². The first-order valence-electron chi connectivity index (χ1n) is 9.28. The van der Waals surface area contributed by atoms with E-state index >= 15 is 0 Å². The van der Waals surface area contributed by atoms with E-state index in [1.54, 1.807) is 39.0 Å². The number of carbonyl (C=O) groups is 2. The van der Waals surface area contributed by atoms with Crippen LogP contribution < -0.4 is 14.8 Å². The van der Waals surface area contributed by atoms with E-state index in [1.165, 1.54) is 0 Å². The number of unbranched alkanes of at least 4 members (excludes halogenated alkanes) is 2. The summed E-state index contributed by atoms with van der Waals surface area (Å²) in [5.74, 6) is 0.970. The van der Waals surface area contributed by atoms with Crippen LogP contribution in [-0.2, 0) is 9.53 Å². The third-order valence-corrected chi connectivity index (χ3v) is 3.60. The molecule has 0 bridgehead atoms. The third kappa shape index (κ3) is 10.1. The molecule has 0 saturated heterocycles. The molecule has 7 heteroatoms. The summed E-state index contributed by atoms with van der Waals surface area (Å²) < 4.78 is 16.4. The summed E-state index contributed by atoms with van der Waals surface area (Å²) in [6.07, 6.45) is 3.06. The van der Waals surface area contributed by atoms with E-state index in [0.717, 1.165) is 25.7 Å².